The van der Waals surface area contributed by atoms with Gasteiger partial charge in [0.2, 0.25) is 0 Å². The molecule has 0 aliphatic carbocycles. The molecule has 0 aromatic carbocycles. The number of hydrogen-bond acceptors (Lipinski definition) is 4. The largest absolute Gasteiger partial charge is 0.445 e. The monoisotopic (exact) mass is 195 g/mol. The first kappa shape index (κ1) is 9.68. The Morgan fingerprint density at radius 3 is 3.29 bits per heavy atom. The molecule has 4 nitrogen and oxygen atoms in total. The third-order valence-electron chi connectivity index (χ3n) is 2.79. The lowest BCUT2D eigenvalue weighted by molar-refractivity contribution is 0.409. The normalized spacial score (nSPS) is 24.0. The van der Waals surface area contributed by atoms with E-state index in [-0.39, 0.29) is 5.92 Å². The van der Waals surface area contributed by atoms with E-state index in [2.05, 4.69) is 17.2 Å². The highest BCUT2D eigenvalue weighted by molar-refractivity contribution is 5.05. The lowest BCUT2D eigenvalue weighted by Gasteiger charge is -2.04. The van der Waals surface area contributed by atoms with Crippen LogP contribution < -0.4 is 11.1 Å². The molecule has 2 unspecified atom stereocenters. The van der Waals surface area contributed by atoms with Crippen LogP contribution in [0.2, 0.25) is 0 Å². The van der Waals surface area contributed by atoms with E-state index in [1.54, 1.807) is 0 Å². The molecule has 1 aliphatic heterocycles. The minimum Gasteiger partial charge on any atom is -0.445 e. The minimum absolute atomic E-state index is 0.269. The summed E-state index contributed by atoms with van der Waals surface area (Å²) in [5, 5.41) is 3.30. The third kappa shape index (κ3) is 1.81. The maximum absolute atomic E-state index is 5.69. The van der Waals surface area contributed by atoms with E-state index >= 15 is 0 Å². The first-order chi connectivity index (χ1) is 6.81. The molecule has 4 heteroatoms. The van der Waals surface area contributed by atoms with Gasteiger partial charge in [-0.3, -0.25) is 0 Å². The molecule has 0 radical (unpaired) electrons. The number of oxazole rings is 1. The second kappa shape index (κ2) is 4.11. The van der Waals surface area contributed by atoms with Crippen LogP contribution in [0.25, 0.3) is 0 Å². The predicted octanol–water partition coefficient (Wildman–Crippen LogP) is 0.814. The molecule has 3 N–H and O–H groups in total. The third-order valence-corrected chi connectivity index (χ3v) is 2.79. The van der Waals surface area contributed by atoms with Crippen molar-refractivity contribution in [1.82, 2.24) is 10.3 Å². The number of rotatable bonds is 3. The van der Waals surface area contributed by atoms with Gasteiger partial charge in [-0.15, -0.1) is 0 Å². The van der Waals surface area contributed by atoms with Gasteiger partial charge in [0.15, 0.2) is 5.89 Å². The molecule has 0 amide bonds. The van der Waals surface area contributed by atoms with Gasteiger partial charge in [0.25, 0.3) is 0 Å². The minimum atomic E-state index is 0.269. The van der Waals surface area contributed by atoms with Gasteiger partial charge >= 0.3 is 0 Å². The van der Waals surface area contributed by atoms with Gasteiger partial charge in [0.05, 0.1) is 6.20 Å². The average molecular weight is 195 g/mol. The van der Waals surface area contributed by atoms with Crippen molar-refractivity contribution in [3.05, 3.63) is 17.8 Å². The molecule has 14 heavy (non-hydrogen) atoms. The first-order valence-electron chi connectivity index (χ1n) is 5.17. The fourth-order valence-corrected chi connectivity index (χ4v) is 1.70. The molecular formula is C10H17N3O. The number of nitrogens with zero attached hydrogens (tertiary/aromatic N) is 1. The molecule has 2 atom stereocenters. The Bertz CT molecular complexity index is 291. The molecule has 1 aliphatic rings. The van der Waals surface area contributed by atoms with Crippen LogP contribution in [0, 0.1) is 0 Å². The van der Waals surface area contributed by atoms with Crippen molar-refractivity contribution < 1.29 is 4.42 Å². The van der Waals surface area contributed by atoms with E-state index in [9.17, 15) is 0 Å². The van der Waals surface area contributed by atoms with E-state index in [1.165, 1.54) is 0 Å². The van der Waals surface area contributed by atoms with E-state index < -0.39 is 0 Å². The van der Waals surface area contributed by atoms with Crippen LogP contribution in [0.4, 0.5) is 0 Å². The van der Waals surface area contributed by atoms with Crippen molar-refractivity contribution in [2.45, 2.75) is 25.2 Å². The Hall–Kier alpha value is -0.870. The van der Waals surface area contributed by atoms with Gasteiger partial charge in [-0.1, -0.05) is 6.92 Å². The topological polar surface area (TPSA) is 64.1 Å². The summed E-state index contributed by atoms with van der Waals surface area (Å²) in [6.07, 6.45) is 2.93. The number of nitrogens with two attached hydrogens (primary N) is 1. The predicted molar refractivity (Wildman–Crippen MR) is 54.2 cm³/mol. The standard InChI is InChI=1S/C10H17N3O/c1-7(4-11)9-6-13-10(14-9)8-2-3-12-5-8/h6-8,12H,2-5,11H2,1H3. The Morgan fingerprint density at radius 2 is 2.64 bits per heavy atom. The SMILES string of the molecule is CC(CN)c1cnc(C2CCNC2)o1. The van der Waals surface area contributed by atoms with Crippen LogP contribution in [-0.4, -0.2) is 24.6 Å². The Labute approximate surface area is 83.9 Å². The highest BCUT2D eigenvalue weighted by atomic mass is 16.4. The smallest absolute Gasteiger partial charge is 0.198 e. The summed E-state index contributed by atoms with van der Waals surface area (Å²) in [6.45, 7) is 4.71. The van der Waals surface area contributed by atoms with Crippen molar-refractivity contribution in [3.63, 3.8) is 0 Å². The molecule has 2 heterocycles. The van der Waals surface area contributed by atoms with Crippen LogP contribution in [-0.2, 0) is 0 Å². The Balaban J connectivity index is 2.08. The molecule has 1 aromatic rings. The van der Waals surface area contributed by atoms with Gasteiger partial charge < -0.3 is 15.5 Å². The van der Waals surface area contributed by atoms with E-state index in [0.717, 1.165) is 31.2 Å². The summed E-state index contributed by atoms with van der Waals surface area (Å²) in [7, 11) is 0. The van der Waals surface area contributed by atoms with Crippen molar-refractivity contribution in [2.24, 2.45) is 5.73 Å². The summed E-state index contributed by atoms with van der Waals surface area (Å²) in [5.74, 6) is 2.50. The van der Waals surface area contributed by atoms with Gasteiger partial charge in [-0.25, -0.2) is 4.98 Å². The molecule has 1 aromatic heterocycles. The van der Waals surface area contributed by atoms with Gasteiger partial charge in [0.1, 0.15) is 5.76 Å². The molecule has 1 fully saturated rings. The summed E-state index contributed by atoms with van der Waals surface area (Å²) < 4.78 is 5.69. The van der Waals surface area contributed by atoms with E-state index in [0.29, 0.717) is 12.5 Å². The quantitative estimate of drug-likeness (QED) is 0.749. The van der Waals surface area contributed by atoms with Crippen LogP contribution in [0.1, 0.15) is 36.8 Å². The second-order valence-electron chi connectivity index (χ2n) is 3.93. The second-order valence-corrected chi connectivity index (χ2v) is 3.93. The summed E-state index contributed by atoms with van der Waals surface area (Å²) in [4.78, 5) is 4.30. The van der Waals surface area contributed by atoms with Crippen molar-refractivity contribution in [1.29, 1.82) is 0 Å². The zero-order chi connectivity index (χ0) is 9.97. The lowest BCUT2D eigenvalue weighted by atomic mass is 10.1. The van der Waals surface area contributed by atoms with Gasteiger partial charge in [0, 0.05) is 24.9 Å². The molecule has 78 valence electrons. The highest BCUT2D eigenvalue weighted by Gasteiger charge is 2.22. The fourth-order valence-electron chi connectivity index (χ4n) is 1.70. The van der Waals surface area contributed by atoms with Gasteiger partial charge in [-0.05, 0) is 13.0 Å². The number of aromatic nitrogens is 1. The number of nitrogens with one attached hydrogen (secondary N) is 1. The van der Waals surface area contributed by atoms with Gasteiger partial charge in [-0.2, -0.15) is 0 Å². The maximum Gasteiger partial charge on any atom is 0.198 e. The first-order valence-corrected chi connectivity index (χ1v) is 5.17. The van der Waals surface area contributed by atoms with Crippen LogP contribution in [0.15, 0.2) is 10.6 Å². The average Bonchev–Trinajstić information content (AvgIpc) is 2.86. The maximum atomic E-state index is 5.69. The van der Waals surface area contributed by atoms with E-state index in [1.807, 2.05) is 6.20 Å². The van der Waals surface area contributed by atoms with Crippen LogP contribution >= 0.6 is 0 Å². The van der Waals surface area contributed by atoms with Crippen LogP contribution in [0.3, 0.4) is 0 Å². The molecule has 0 spiro atoms. The molecule has 0 bridgehead atoms. The highest BCUT2D eigenvalue weighted by Crippen LogP contribution is 2.24. The molecule has 0 saturated carbocycles. The van der Waals surface area contributed by atoms with Crippen LogP contribution in [0.5, 0.6) is 0 Å². The van der Waals surface area contributed by atoms with Crippen molar-refractivity contribution in [3.8, 4) is 0 Å². The van der Waals surface area contributed by atoms with E-state index in [4.69, 9.17) is 10.2 Å². The lowest BCUT2D eigenvalue weighted by Crippen LogP contribution is -2.08. The van der Waals surface area contributed by atoms with Crippen molar-refractivity contribution in [2.75, 3.05) is 19.6 Å². The fraction of sp³-hybridized carbons (Fsp3) is 0.700. The Morgan fingerprint density at radius 1 is 1.79 bits per heavy atom. The molecule has 1 saturated heterocycles. The Kier molecular flexibility index (Phi) is 2.84. The molecular weight excluding hydrogens is 178 g/mol. The molecule has 2 rings (SSSR count). The summed E-state index contributed by atoms with van der Waals surface area (Å²) in [6, 6.07) is 0. The van der Waals surface area contributed by atoms with Crippen molar-refractivity contribution >= 4 is 0 Å². The summed E-state index contributed by atoms with van der Waals surface area (Å²) in [5.41, 5.74) is 5.57. The zero-order valence-corrected chi connectivity index (χ0v) is 8.49. The summed E-state index contributed by atoms with van der Waals surface area (Å²) >= 11 is 0. The number of hydrogen-bond donors (Lipinski definition) is 2. The zero-order valence-electron chi connectivity index (χ0n) is 8.49.